The molecule has 3 aromatic rings. The molecule has 5 nitrogen and oxygen atoms in total. The Hall–Kier alpha value is -2.18. The average molecular weight is 365 g/mol. The summed E-state index contributed by atoms with van der Waals surface area (Å²) in [6.07, 6.45) is 3.64. The lowest BCUT2D eigenvalue weighted by atomic mass is 10.1. The lowest BCUT2D eigenvalue weighted by Gasteiger charge is -2.28. The zero-order valence-electron chi connectivity index (χ0n) is 14.1. The number of hydrogen-bond donors (Lipinski definition) is 1. The first-order chi connectivity index (χ1) is 11.2. The fourth-order valence-electron chi connectivity index (χ4n) is 3.27. The highest BCUT2D eigenvalue weighted by Crippen LogP contribution is 2.31. The van der Waals surface area contributed by atoms with Crippen LogP contribution in [0.2, 0.25) is 0 Å². The van der Waals surface area contributed by atoms with Gasteiger partial charge in [0.15, 0.2) is 5.82 Å². The minimum Gasteiger partial charge on any atom is -0.412 e. The van der Waals surface area contributed by atoms with Crippen molar-refractivity contribution in [2.45, 2.75) is 26.2 Å². The number of halogens is 2. The Kier molecular flexibility index (Phi) is 5.98. The van der Waals surface area contributed by atoms with Crippen LogP contribution in [0, 0.1) is 12.7 Å². The highest BCUT2D eigenvalue weighted by Gasteiger charge is 2.19. The first kappa shape index (κ1) is 19.1. The maximum absolute atomic E-state index is 14.1. The number of H-pyrrole nitrogens is 1. The number of benzene rings is 1. The number of fused-ring (bicyclic) bond motifs is 1. The van der Waals surface area contributed by atoms with Gasteiger partial charge >= 0.3 is 0 Å². The molecule has 4 rings (SSSR count). The Balaban J connectivity index is 0.00000113. The predicted octanol–water partition coefficient (Wildman–Crippen LogP) is 3.66. The van der Waals surface area contributed by atoms with Crippen molar-refractivity contribution in [3.63, 3.8) is 0 Å². The number of rotatable bonds is 2. The smallest absolute Gasteiger partial charge is 0.156 e. The van der Waals surface area contributed by atoms with Gasteiger partial charge in [0.2, 0.25) is 0 Å². The average Bonchev–Trinajstić information content (AvgIpc) is 2.99. The molecule has 0 atom stereocenters. The molecule has 0 bridgehead atoms. The molecule has 0 amide bonds. The number of aromatic amines is 1. The maximum atomic E-state index is 14.1. The summed E-state index contributed by atoms with van der Waals surface area (Å²) in [4.78, 5) is 14.8. The second-order valence-electron chi connectivity index (χ2n) is 6.07. The lowest BCUT2D eigenvalue weighted by Crippen LogP contribution is -2.30. The van der Waals surface area contributed by atoms with Crippen molar-refractivity contribution in [3.8, 4) is 11.3 Å². The van der Waals surface area contributed by atoms with Gasteiger partial charge in [-0.2, -0.15) is 0 Å². The molecule has 0 radical (unpaired) electrons. The molecule has 3 heterocycles. The van der Waals surface area contributed by atoms with Crippen LogP contribution in [-0.2, 0) is 0 Å². The van der Waals surface area contributed by atoms with Gasteiger partial charge in [0.25, 0.3) is 0 Å². The van der Waals surface area contributed by atoms with E-state index in [2.05, 4.69) is 19.9 Å². The number of piperidine rings is 1. The molecule has 1 aliphatic heterocycles. The summed E-state index contributed by atoms with van der Waals surface area (Å²) in [5.41, 5.74) is 3.05. The summed E-state index contributed by atoms with van der Waals surface area (Å²) < 4.78 is 14.1. The molecule has 7 heteroatoms. The third-order valence-electron chi connectivity index (χ3n) is 4.39. The van der Waals surface area contributed by atoms with Crippen LogP contribution >= 0.6 is 12.4 Å². The van der Waals surface area contributed by atoms with E-state index in [0.29, 0.717) is 5.56 Å². The maximum Gasteiger partial charge on any atom is 0.156 e. The molecule has 0 aliphatic carbocycles. The minimum absolute atomic E-state index is 0. The number of nitrogens with one attached hydrogen (secondary N) is 1. The molecule has 134 valence electrons. The Morgan fingerprint density at radius 2 is 1.80 bits per heavy atom. The molecule has 0 unspecified atom stereocenters. The first-order valence-corrected chi connectivity index (χ1v) is 8.09. The molecule has 1 saturated heterocycles. The highest BCUT2D eigenvalue weighted by atomic mass is 35.5. The van der Waals surface area contributed by atoms with Crippen LogP contribution in [0.25, 0.3) is 22.3 Å². The van der Waals surface area contributed by atoms with Crippen molar-refractivity contribution in [3.05, 3.63) is 42.0 Å². The van der Waals surface area contributed by atoms with E-state index in [1.807, 2.05) is 19.1 Å². The zero-order chi connectivity index (χ0) is 15.8. The van der Waals surface area contributed by atoms with Crippen LogP contribution < -0.4 is 4.90 Å². The van der Waals surface area contributed by atoms with E-state index in [-0.39, 0.29) is 23.7 Å². The SMILES string of the molecule is Cc1nc(N2CCCCC2)c2[nH]c(-c3ccccc3F)cc2n1.Cl.O. The molecule has 0 saturated carbocycles. The van der Waals surface area contributed by atoms with Crippen molar-refractivity contribution in [1.82, 2.24) is 15.0 Å². The Morgan fingerprint density at radius 3 is 2.52 bits per heavy atom. The molecule has 3 N–H and O–H groups in total. The van der Waals surface area contributed by atoms with Crippen LogP contribution in [0.5, 0.6) is 0 Å². The summed E-state index contributed by atoms with van der Waals surface area (Å²) >= 11 is 0. The molecule has 25 heavy (non-hydrogen) atoms. The van der Waals surface area contributed by atoms with E-state index in [9.17, 15) is 4.39 Å². The van der Waals surface area contributed by atoms with Crippen molar-refractivity contribution < 1.29 is 9.87 Å². The molecule has 1 aromatic carbocycles. The van der Waals surface area contributed by atoms with Crippen molar-refractivity contribution in [2.24, 2.45) is 0 Å². The Bertz CT molecular complexity index is 861. The summed E-state index contributed by atoms with van der Waals surface area (Å²) in [5.74, 6) is 1.45. The van der Waals surface area contributed by atoms with Gasteiger partial charge in [0.05, 0.1) is 11.2 Å². The fraction of sp³-hybridized carbons (Fsp3) is 0.333. The molecular formula is C18H22ClFN4O. The molecule has 1 fully saturated rings. The van der Waals surface area contributed by atoms with Gasteiger partial charge in [0, 0.05) is 18.7 Å². The van der Waals surface area contributed by atoms with Crippen LogP contribution in [0.3, 0.4) is 0 Å². The van der Waals surface area contributed by atoms with Crippen LogP contribution in [0.4, 0.5) is 10.2 Å². The van der Waals surface area contributed by atoms with E-state index in [1.54, 1.807) is 12.1 Å². The topological polar surface area (TPSA) is 76.3 Å². The normalized spacial score (nSPS) is 14.1. The van der Waals surface area contributed by atoms with Gasteiger partial charge in [-0.3, -0.25) is 0 Å². The van der Waals surface area contributed by atoms with Crippen molar-refractivity contribution in [2.75, 3.05) is 18.0 Å². The van der Waals surface area contributed by atoms with Crippen molar-refractivity contribution >= 4 is 29.3 Å². The van der Waals surface area contributed by atoms with Crippen molar-refractivity contribution in [1.29, 1.82) is 0 Å². The monoisotopic (exact) mass is 364 g/mol. The van der Waals surface area contributed by atoms with Gasteiger partial charge in [0.1, 0.15) is 17.2 Å². The summed E-state index contributed by atoms with van der Waals surface area (Å²) in [7, 11) is 0. The number of hydrogen-bond acceptors (Lipinski definition) is 3. The first-order valence-electron chi connectivity index (χ1n) is 8.09. The van der Waals surface area contributed by atoms with Crippen LogP contribution in [0.15, 0.2) is 30.3 Å². The number of aryl methyl sites for hydroxylation is 1. The van der Waals surface area contributed by atoms with E-state index in [0.717, 1.165) is 41.5 Å². The van der Waals surface area contributed by atoms with Gasteiger partial charge in [-0.1, -0.05) is 12.1 Å². The number of anilines is 1. The molecular weight excluding hydrogens is 343 g/mol. The quantitative estimate of drug-likeness (QED) is 0.753. The third-order valence-corrected chi connectivity index (χ3v) is 4.39. The summed E-state index contributed by atoms with van der Waals surface area (Å²) in [6.45, 7) is 3.93. The standard InChI is InChI=1S/C18H19FN4.ClH.H2O/c1-12-20-16-11-15(13-7-3-4-8-14(13)19)22-17(16)18(21-12)23-9-5-2-6-10-23;;/h3-4,7-8,11,22H,2,5-6,9-10H2,1H3;1H;1H2. The fourth-order valence-corrected chi connectivity index (χ4v) is 3.27. The second kappa shape index (κ2) is 7.80. The third kappa shape index (κ3) is 3.60. The van der Waals surface area contributed by atoms with Gasteiger partial charge in [-0.15, -0.1) is 12.4 Å². The van der Waals surface area contributed by atoms with E-state index >= 15 is 0 Å². The van der Waals surface area contributed by atoms with E-state index in [1.165, 1.54) is 25.3 Å². The molecule has 0 spiro atoms. The Labute approximate surface area is 152 Å². The second-order valence-corrected chi connectivity index (χ2v) is 6.07. The van der Waals surface area contributed by atoms with E-state index < -0.39 is 0 Å². The largest absolute Gasteiger partial charge is 0.412 e. The number of nitrogens with zero attached hydrogens (tertiary/aromatic N) is 3. The summed E-state index contributed by atoms with van der Waals surface area (Å²) in [6, 6.07) is 8.71. The van der Waals surface area contributed by atoms with Gasteiger partial charge in [-0.25, -0.2) is 14.4 Å². The Morgan fingerprint density at radius 1 is 1.08 bits per heavy atom. The molecule has 1 aliphatic rings. The summed E-state index contributed by atoms with van der Waals surface area (Å²) in [5, 5.41) is 0. The predicted molar refractivity (Wildman–Crippen MR) is 101 cm³/mol. The van der Waals surface area contributed by atoms with Crippen LogP contribution in [-0.4, -0.2) is 33.5 Å². The van der Waals surface area contributed by atoms with E-state index in [4.69, 9.17) is 0 Å². The van der Waals surface area contributed by atoms with Crippen LogP contribution in [0.1, 0.15) is 25.1 Å². The van der Waals surface area contributed by atoms with Gasteiger partial charge < -0.3 is 15.4 Å². The number of aromatic nitrogens is 3. The highest BCUT2D eigenvalue weighted by molar-refractivity contribution is 5.91. The zero-order valence-corrected chi connectivity index (χ0v) is 14.9. The molecule has 2 aromatic heterocycles. The lowest BCUT2D eigenvalue weighted by molar-refractivity contribution is 0.574. The van der Waals surface area contributed by atoms with Gasteiger partial charge in [-0.05, 0) is 44.4 Å². The minimum atomic E-state index is -0.233.